The standard InChI is InChI=1S/C45H53N3O3.C2H7N/c1-9-42(36-17-15-14-16-18-36)44(38-25-27-41(28-26-38)50-13-5)37-23-21-34(22-24-37)19-20-35-29-39(31-47(10-2)11-3)46-40(30-35)32-48(12-4)33-43(49)51-45(6,7)8;1-3-2/h13-18,21-30H,5,9-12,31-33H2,1-4,6-8H3;3H,1-2H3/b44-42-;. The molecule has 1 N–H and O–H groups in total. The summed E-state index contributed by atoms with van der Waals surface area (Å²) >= 11 is 0. The average molecular weight is 729 g/mol. The zero-order valence-electron chi connectivity index (χ0n) is 34.0. The highest BCUT2D eigenvalue weighted by Gasteiger charge is 2.19. The van der Waals surface area contributed by atoms with Gasteiger partial charge in [0.25, 0.3) is 0 Å². The Labute approximate surface area is 325 Å². The Morgan fingerprint density at radius 2 is 1.28 bits per heavy atom. The molecule has 0 spiro atoms. The molecular weight excluding hydrogens is 669 g/mol. The van der Waals surface area contributed by atoms with Crippen molar-refractivity contribution in [2.24, 2.45) is 0 Å². The number of pyridine rings is 1. The summed E-state index contributed by atoms with van der Waals surface area (Å²) in [6.07, 6.45) is 2.32. The second-order valence-electron chi connectivity index (χ2n) is 13.9. The minimum Gasteiger partial charge on any atom is -0.466 e. The van der Waals surface area contributed by atoms with E-state index in [9.17, 15) is 4.79 Å². The normalized spacial score (nSPS) is 11.5. The molecule has 0 radical (unpaired) electrons. The quantitative estimate of drug-likeness (QED) is 0.0567. The minimum atomic E-state index is -0.524. The SMILES string of the molecule is C=COc1ccc(/C(=C(/CC)c2ccccc2)c2ccc(C#Cc3cc(CN(CC)CC)nc(CN(CC)CC(=O)OC(C)(C)C)c3)cc2)cc1.CNC. The van der Waals surface area contributed by atoms with Crippen molar-refractivity contribution in [3.8, 4) is 17.6 Å². The van der Waals surface area contributed by atoms with Crippen LogP contribution in [0.4, 0.5) is 0 Å². The third kappa shape index (κ3) is 14.1. The van der Waals surface area contributed by atoms with Gasteiger partial charge in [0.1, 0.15) is 11.4 Å². The van der Waals surface area contributed by atoms with Crippen molar-refractivity contribution in [2.45, 2.75) is 73.6 Å². The maximum absolute atomic E-state index is 12.6. The van der Waals surface area contributed by atoms with Crippen LogP contribution in [0, 0.1) is 11.8 Å². The number of nitrogens with zero attached hydrogens (tertiary/aromatic N) is 3. The van der Waals surface area contributed by atoms with Crippen molar-refractivity contribution in [3.63, 3.8) is 0 Å². The van der Waals surface area contributed by atoms with Gasteiger partial charge in [-0.05, 0) is 125 Å². The second kappa shape index (κ2) is 22.3. The minimum absolute atomic E-state index is 0.205. The van der Waals surface area contributed by atoms with Gasteiger partial charge in [-0.15, -0.1) is 0 Å². The van der Waals surface area contributed by atoms with Gasteiger partial charge in [-0.1, -0.05) is 101 Å². The predicted octanol–water partition coefficient (Wildman–Crippen LogP) is 9.21. The third-order valence-corrected chi connectivity index (χ3v) is 8.48. The fourth-order valence-corrected chi connectivity index (χ4v) is 5.97. The lowest BCUT2D eigenvalue weighted by Gasteiger charge is -2.24. The van der Waals surface area contributed by atoms with Crippen LogP contribution in [-0.2, 0) is 22.6 Å². The van der Waals surface area contributed by atoms with Gasteiger partial charge in [-0.3, -0.25) is 19.6 Å². The van der Waals surface area contributed by atoms with E-state index >= 15 is 0 Å². The highest BCUT2D eigenvalue weighted by Crippen LogP contribution is 2.35. The molecule has 4 aromatic rings. The number of rotatable bonds is 15. The topological polar surface area (TPSA) is 66.9 Å². The molecule has 7 nitrogen and oxygen atoms in total. The number of hydrogen-bond acceptors (Lipinski definition) is 7. The Morgan fingerprint density at radius 1 is 0.759 bits per heavy atom. The number of allylic oxidation sites excluding steroid dienone is 1. The molecule has 54 heavy (non-hydrogen) atoms. The molecule has 1 heterocycles. The molecule has 0 amide bonds. The second-order valence-corrected chi connectivity index (χ2v) is 13.9. The summed E-state index contributed by atoms with van der Waals surface area (Å²) < 4.78 is 11.1. The average Bonchev–Trinajstić information content (AvgIpc) is 3.15. The van der Waals surface area contributed by atoms with E-state index in [4.69, 9.17) is 14.5 Å². The number of aromatic nitrogens is 1. The Hall–Kier alpha value is -5.00. The maximum Gasteiger partial charge on any atom is 0.320 e. The lowest BCUT2D eigenvalue weighted by molar-refractivity contribution is -0.156. The van der Waals surface area contributed by atoms with Crippen LogP contribution < -0.4 is 10.1 Å². The van der Waals surface area contributed by atoms with Gasteiger partial charge in [-0.25, -0.2) is 0 Å². The largest absolute Gasteiger partial charge is 0.466 e. The summed E-state index contributed by atoms with van der Waals surface area (Å²) in [5, 5.41) is 2.75. The van der Waals surface area contributed by atoms with E-state index in [1.807, 2.05) is 66.1 Å². The van der Waals surface area contributed by atoms with E-state index in [2.05, 4.69) is 121 Å². The maximum atomic E-state index is 12.6. The molecule has 4 rings (SSSR count). The van der Waals surface area contributed by atoms with Gasteiger partial charge in [0.15, 0.2) is 0 Å². The lowest BCUT2D eigenvalue weighted by atomic mass is 9.88. The van der Waals surface area contributed by atoms with Crippen molar-refractivity contribution in [2.75, 3.05) is 40.3 Å². The van der Waals surface area contributed by atoms with Crippen molar-refractivity contribution in [1.29, 1.82) is 0 Å². The predicted molar refractivity (Wildman–Crippen MR) is 225 cm³/mol. The van der Waals surface area contributed by atoms with Crippen LogP contribution in [0.1, 0.15) is 94.1 Å². The molecule has 286 valence electrons. The zero-order valence-corrected chi connectivity index (χ0v) is 34.0. The van der Waals surface area contributed by atoms with Gasteiger partial charge in [0.05, 0.1) is 24.2 Å². The molecule has 0 aliphatic rings. The summed E-state index contributed by atoms with van der Waals surface area (Å²) in [4.78, 5) is 22.0. The van der Waals surface area contributed by atoms with Crippen LogP contribution in [-0.4, -0.2) is 66.6 Å². The van der Waals surface area contributed by atoms with Gasteiger partial charge < -0.3 is 14.8 Å². The third-order valence-electron chi connectivity index (χ3n) is 8.48. The van der Waals surface area contributed by atoms with Gasteiger partial charge >= 0.3 is 5.97 Å². The summed E-state index contributed by atoms with van der Waals surface area (Å²) in [5.74, 6) is 7.34. The van der Waals surface area contributed by atoms with Crippen molar-refractivity contribution >= 4 is 17.1 Å². The van der Waals surface area contributed by atoms with E-state index in [-0.39, 0.29) is 12.5 Å². The van der Waals surface area contributed by atoms with E-state index in [1.54, 1.807) is 0 Å². The Kier molecular flexibility index (Phi) is 17.9. The molecule has 0 atom stereocenters. The number of likely N-dealkylation sites (N-methyl/N-ethyl adjacent to an activating group) is 1. The van der Waals surface area contributed by atoms with E-state index in [0.29, 0.717) is 13.1 Å². The number of ether oxygens (including phenoxy) is 2. The molecule has 0 aliphatic carbocycles. The smallest absolute Gasteiger partial charge is 0.320 e. The molecular formula is C47H60N4O3. The first-order chi connectivity index (χ1) is 26.0. The molecule has 3 aromatic carbocycles. The summed E-state index contributed by atoms with van der Waals surface area (Å²) in [6, 6.07) is 31.3. The van der Waals surface area contributed by atoms with Crippen LogP contribution in [0.25, 0.3) is 11.1 Å². The first kappa shape index (κ1) is 43.4. The summed E-state index contributed by atoms with van der Waals surface area (Å²) in [6.45, 7) is 21.9. The molecule has 0 bridgehead atoms. The van der Waals surface area contributed by atoms with Crippen molar-refractivity contribution in [3.05, 3.63) is 143 Å². The summed E-state index contributed by atoms with van der Waals surface area (Å²) in [7, 11) is 3.75. The van der Waals surface area contributed by atoms with E-state index < -0.39 is 5.60 Å². The van der Waals surface area contributed by atoms with Crippen molar-refractivity contribution < 1.29 is 14.3 Å². The van der Waals surface area contributed by atoms with Gasteiger partial charge in [0.2, 0.25) is 0 Å². The molecule has 7 heteroatoms. The number of carbonyl (C=O) groups is 1. The van der Waals surface area contributed by atoms with Crippen LogP contribution in [0.5, 0.6) is 5.75 Å². The lowest BCUT2D eigenvalue weighted by Crippen LogP contribution is -2.34. The molecule has 0 saturated heterocycles. The number of carbonyl (C=O) groups excluding carboxylic acids is 1. The summed E-state index contributed by atoms with van der Waals surface area (Å²) in [5.41, 5.74) is 9.04. The van der Waals surface area contributed by atoms with E-state index in [1.165, 1.54) is 23.0 Å². The molecule has 0 fully saturated rings. The highest BCUT2D eigenvalue weighted by atomic mass is 16.6. The first-order valence-electron chi connectivity index (χ1n) is 19.0. The molecule has 0 saturated carbocycles. The van der Waals surface area contributed by atoms with E-state index in [0.717, 1.165) is 65.4 Å². The number of hydrogen-bond donors (Lipinski definition) is 1. The van der Waals surface area contributed by atoms with Gasteiger partial charge in [0, 0.05) is 24.2 Å². The van der Waals surface area contributed by atoms with Crippen LogP contribution in [0.2, 0.25) is 0 Å². The zero-order chi connectivity index (χ0) is 39.5. The first-order valence-corrected chi connectivity index (χ1v) is 19.0. The fourth-order valence-electron chi connectivity index (χ4n) is 5.97. The molecule has 0 aliphatic heterocycles. The van der Waals surface area contributed by atoms with Crippen LogP contribution in [0.15, 0.2) is 104 Å². The number of benzene rings is 3. The molecule has 1 aromatic heterocycles. The molecule has 0 unspecified atom stereocenters. The highest BCUT2D eigenvalue weighted by molar-refractivity contribution is 5.98. The Balaban J connectivity index is 0.00000253. The van der Waals surface area contributed by atoms with Crippen LogP contribution >= 0.6 is 0 Å². The monoisotopic (exact) mass is 728 g/mol. The Morgan fingerprint density at radius 3 is 1.78 bits per heavy atom. The van der Waals surface area contributed by atoms with Crippen molar-refractivity contribution in [1.82, 2.24) is 20.1 Å². The Bertz CT molecular complexity index is 1840. The van der Waals surface area contributed by atoms with Crippen LogP contribution in [0.3, 0.4) is 0 Å². The fraction of sp³-hybridized carbons (Fsp3) is 0.362. The number of nitrogens with one attached hydrogen (secondary N) is 1. The number of esters is 1. The van der Waals surface area contributed by atoms with Gasteiger partial charge in [-0.2, -0.15) is 0 Å².